The van der Waals surface area contributed by atoms with Crippen molar-refractivity contribution in [3.63, 3.8) is 0 Å². The number of nitrogens with zero attached hydrogens (tertiary/aromatic N) is 4. The number of methoxy groups -OCH3 is 1. The Labute approximate surface area is 203 Å². The number of fused-ring (bicyclic) bond motifs is 1. The summed E-state index contributed by atoms with van der Waals surface area (Å²) in [5.74, 6) is 2.34. The molecule has 170 valence electrons. The zero-order chi connectivity index (χ0) is 22.9. The SMILES string of the molecule is COc1ccccc1N1CCN(c2nc(Cl)nc3scc(-c4ccc(C(C)C)cc4)c23)CC1. The minimum atomic E-state index is 0.299. The zero-order valence-electron chi connectivity index (χ0n) is 19.1. The molecule has 1 saturated heterocycles. The van der Waals surface area contributed by atoms with E-state index in [0.29, 0.717) is 11.2 Å². The highest BCUT2D eigenvalue weighted by molar-refractivity contribution is 7.17. The molecule has 7 heteroatoms. The molecule has 0 amide bonds. The van der Waals surface area contributed by atoms with Crippen LogP contribution in [0.1, 0.15) is 25.3 Å². The van der Waals surface area contributed by atoms with Crippen LogP contribution < -0.4 is 14.5 Å². The average molecular weight is 479 g/mol. The van der Waals surface area contributed by atoms with Crippen LogP contribution in [0, 0.1) is 0 Å². The summed E-state index contributed by atoms with van der Waals surface area (Å²) >= 11 is 7.97. The van der Waals surface area contributed by atoms with Crippen LogP contribution in [0.2, 0.25) is 5.28 Å². The van der Waals surface area contributed by atoms with Crippen molar-refractivity contribution in [2.75, 3.05) is 43.1 Å². The number of ether oxygens (including phenoxy) is 1. The zero-order valence-corrected chi connectivity index (χ0v) is 20.7. The lowest BCUT2D eigenvalue weighted by molar-refractivity contribution is 0.413. The molecule has 2 aromatic carbocycles. The number of hydrogen-bond acceptors (Lipinski definition) is 6. The van der Waals surface area contributed by atoms with Crippen LogP contribution in [0.4, 0.5) is 11.5 Å². The summed E-state index contributed by atoms with van der Waals surface area (Å²) in [6, 6.07) is 17.0. The van der Waals surface area contributed by atoms with Gasteiger partial charge in [0.25, 0.3) is 0 Å². The third kappa shape index (κ3) is 4.25. The molecule has 3 heterocycles. The predicted octanol–water partition coefficient (Wildman–Crippen LogP) is 6.47. The van der Waals surface area contributed by atoms with Gasteiger partial charge < -0.3 is 14.5 Å². The first kappa shape index (κ1) is 22.0. The molecule has 0 N–H and O–H groups in total. The Bertz CT molecular complexity index is 1260. The fourth-order valence-electron chi connectivity index (χ4n) is 4.44. The molecule has 1 fully saturated rings. The highest BCUT2D eigenvalue weighted by atomic mass is 35.5. The molecule has 1 aliphatic rings. The Kier molecular flexibility index (Phi) is 6.13. The van der Waals surface area contributed by atoms with Crippen molar-refractivity contribution in [3.8, 4) is 16.9 Å². The van der Waals surface area contributed by atoms with Gasteiger partial charge in [-0.1, -0.05) is 50.2 Å². The van der Waals surface area contributed by atoms with Crippen LogP contribution in [-0.4, -0.2) is 43.3 Å². The van der Waals surface area contributed by atoms with Crippen molar-refractivity contribution in [2.24, 2.45) is 0 Å². The van der Waals surface area contributed by atoms with Crippen LogP contribution in [-0.2, 0) is 0 Å². The van der Waals surface area contributed by atoms with Crippen LogP contribution in [0.5, 0.6) is 5.75 Å². The Morgan fingerprint density at radius 2 is 1.64 bits per heavy atom. The van der Waals surface area contributed by atoms with Gasteiger partial charge in [0.15, 0.2) is 0 Å². The van der Waals surface area contributed by atoms with Crippen molar-refractivity contribution in [1.29, 1.82) is 0 Å². The van der Waals surface area contributed by atoms with E-state index in [0.717, 1.165) is 53.7 Å². The standard InChI is InChI=1S/C26H27ClN4OS/c1-17(2)18-8-10-19(11-9-18)20-16-33-25-23(20)24(28-26(27)29-25)31-14-12-30(13-15-31)21-6-4-5-7-22(21)32-3/h4-11,16-17H,12-15H2,1-3H3. The highest BCUT2D eigenvalue weighted by Gasteiger charge is 2.24. The molecular weight excluding hydrogens is 452 g/mol. The van der Waals surface area contributed by atoms with Gasteiger partial charge in [-0.2, -0.15) is 4.98 Å². The fraction of sp³-hybridized carbons (Fsp3) is 0.308. The van der Waals surface area contributed by atoms with Crippen molar-refractivity contribution < 1.29 is 4.74 Å². The molecular formula is C26H27ClN4OS. The first-order chi connectivity index (χ1) is 16.0. The van der Waals surface area contributed by atoms with Gasteiger partial charge in [0.1, 0.15) is 16.4 Å². The third-order valence-corrected chi connectivity index (χ3v) is 7.32. The second kappa shape index (κ2) is 9.20. The normalized spacial score (nSPS) is 14.3. The summed E-state index contributed by atoms with van der Waals surface area (Å²) in [4.78, 5) is 14.9. The van der Waals surface area contributed by atoms with Crippen LogP contribution in [0.25, 0.3) is 21.3 Å². The number of aromatic nitrogens is 2. The maximum absolute atomic E-state index is 6.35. The van der Waals surface area contributed by atoms with E-state index in [9.17, 15) is 0 Å². The molecule has 0 spiro atoms. The topological polar surface area (TPSA) is 41.5 Å². The first-order valence-electron chi connectivity index (χ1n) is 11.2. The monoisotopic (exact) mass is 478 g/mol. The van der Waals surface area contributed by atoms with Crippen molar-refractivity contribution >= 4 is 44.7 Å². The summed E-state index contributed by atoms with van der Waals surface area (Å²) in [7, 11) is 1.72. The third-order valence-electron chi connectivity index (χ3n) is 6.28. The molecule has 5 nitrogen and oxygen atoms in total. The summed E-state index contributed by atoms with van der Waals surface area (Å²) in [5, 5.41) is 3.56. The Balaban J connectivity index is 1.47. The molecule has 2 aromatic heterocycles. The molecule has 5 rings (SSSR count). The van der Waals surface area contributed by atoms with Gasteiger partial charge in [0, 0.05) is 37.1 Å². The molecule has 0 aliphatic carbocycles. The van der Waals surface area contributed by atoms with E-state index in [-0.39, 0.29) is 0 Å². The number of rotatable bonds is 5. The molecule has 33 heavy (non-hydrogen) atoms. The van der Waals surface area contributed by atoms with Gasteiger partial charge in [0.2, 0.25) is 5.28 Å². The lowest BCUT2D eigenvalue weighted by Gasteiger charge is -2.37. The molecule has 0 saturated carbocycles. The number of hydrogen-bond donors (Lipinski definition) is 0. The van der Waals surface area contributed by atoms with Gasteiger partial charge in [-0.15, -0.1) is 11.3 Å². The number of thiophene rings is 1. The summed E-state index contributed by atoms with van der Waals surface area (Å²) in [6.07, 6.45) is 0. The molecule has 4 aromatic rings. The minimum Gasteiger partial charge on any atom is -0.495 e. The van der Waals surface area contributed by atoms with Gasteiger partial charge in [-0.3, -0.25) is 0 Å². The van der Waals surface area contributed by atoms with E-state index in [1.165, 1.54) is 16.7 Å². The largest absolute Gasteiger partial charge is 0.495 e. The summed E-state index contributed by atoms with van der Waals surface area (Å²) < 4.78 is 5.57. The van der Waals surface area contributed by atoms with Gasteiger partial charge in [-0.25, -0.2) is 4.98 Å². The second-order valence-electron chi connectivity index (χ2n) is 8.57. The van der Waals surface area contributed by atoms with Crippen molar-refractivity contribution in [1.82, 2.24) is 9.97 Å². The number of benzene rings is 2. The van der Waals surface area contributed by atoms with Gasteiger partial charge >= 0.3 is 0 Å². The Morgan fingerprint density at radius 1 is 0.939 bits per heavy atom. The highest BCUT2D eigenvalue weighted by Crippen LogP contribution is 2.40. The van der Waals surface area contributed by atoms with E-state index in [2.05, 4.69) is 70.4 Å². The molecule has 1 aliphatic heterocycles. The maximum atomic E-state index is 6.35. The lowest BCUT2D eigenvalue weighted by atomic mass is 9.99. The van der Waals surface area contributed by atoms with E-state index in [1.807, 2.05) is 12.1 Å². The minimum absolute atomic E-state index is 0.299. The Morgan fingerprint density at radius 3 is 2.33 bits per heavy atom. The number of piperazine rings is 1. The number of halogens is 1. The lowest BCUT2D eigenvalue weighted by Crippen LogP contribution is -2.47. The smallest absolute Gasteiger partial charge is 0.225 e. The maximum Gasteiger partial charge on any atom is 0.225 e. The first-order valence-corrected chi connectivity index (χ1v) is 12.5. The van der Waals surface area contributed by atoms with E-state index < -0.39 is 0 Å². The summed E-state index contributed by atoms with van der Waals surface area (Å²) in [6.45, 7) is 7.89. The van der Waals surface area contributed by atoms with Crippen molar-refractivity contribution in [3.05, 3.63) is 64.8 Å². The average Bonchev–Trinajstić information content (AvgIpc) is 3.27. The Hall–Kier alpha value is -2.83. The molecule has 0 bridgehead atoms. The van der Waals surface area contributed by atoms with Gasteiger partial charge in [0.05, 0.1) is 18.2 Å². The number of para-hydroxylation sites is 2. The van der Waals surface area contributed by atoms with E-state index in [4.69, 9.17) is 21.3 Å². The molecule has 0 unspecified atom stereocenters. The number of anilines is 2. The van der Waals surface area contributed by atoms with E-state index >= 15 is 0 Å². The van der Waals surface area contributed by atoms with Gasteiger partial charge in [-0.05, 0) is 40.8 Å². The quantitative estimate of drug-likeness (QED) is 0.307. The van der Waals surface area contributed by atoms with Crippen LogP contribution in [0.3, 0.4) is 0 Å². The second-order valence-corrected chi connectivity index (χ2v) is 9.76. The fourth-order valence-corrected chi connectivity index (χ4v) is 5.59. The van der Waals surface area contributed by atoms with E-state index in [1.54, 1.807) is 18.4 Å². The molecule has 0 radical (unpaired) electrons. The predicted molar refractivity (Wildman–Crippen MR) is 139 cm³/mol. The van der Waals surface area contributed by atoms with Crippen LogP contribution in [0.15, 0.2) is 53.9 Å². The summed E-state index contributed by atoms with van der Waals surface area (Å²) in [5.41, 5.74) is 4.83. The molecule has 0 atom stereocenters. The van der Waals surface area contributed by atoms with Crippen molar-refractivity contribution in [2.45, 2.75) is 19.8 Å². The van der Waals surface area contributed by atoms with Crippen LogP contribution >= 0.6 is 22.9 Å².